The highest BCUT2D eigenvalue weighted by Crippen LogP contribution is 2.20. The smallest absolute Gasteiger partial charge is 0.243 e. The zero-order valence-electron chi connectivity index (χ0n) is 10.6. The van der Waals surface area contributed by atoms with Crippen LogP contribution in [0.3, 0.4) is 0 Å². The van der Waals surface area contributed by atoms with Crippen molar-refractivity contribution in [3.05, 3.63) is 23.8 Å². The molecule has 0 spiro atoms. The Balaban J connectivity index is 2.93. The van der Waals surface area contributed by atoms with Crippen LogP contribution in [0.2, 0.25) is 0 Å². The maximum atomic E-state index is 13.4. The number of sulfone groups is 1. The average molecular weight is 328 g/mol. The second-order valence-corrected chi connectivity index (χ2v) is 8.15. The summed E-state index contributed by atoms with van der Waals surface area (Å²) >= 11 is 0. The van der Waals surface area contributed by atoms with Crippen molar-refractivity contribution in [3.63, 3.8) is 0 Å². The maximum absolute atomic E-state index is 13.4. The Morgan fingerprint density at radius 2 is 1.75 bits per heavy atom. The highest BCUT2D eigenvalue weighted by atomic mass is 32.2. The number of sulfonamides is 1. The zero-order valence-corrected chi connectivity index (χ0v) is 12.2. The van der Waals surface area contributed by atoms with E-state index in [0.29, 0.717) is 12.1 Å². The van der Waals surface area contributed by atoms with Crippen molar-refractivity contribution in [2.45, 2.75) is 11.8 Å². The summed E-state index contributed by atoms with van der Waals surface area (Å²) in [4.78, 5) is -0.828. The van der Waals surface area contributed by atoms with E-state index in [2.05, 4.69) is 0 Å². The van der Waals surface area contributed by atoms with Gasteiger partial charge in [0.1, 0.15) is 16.5 Å². The fourth-order valence-corrected chi connectivity index (χ4v) is 3.26. The maximum Gasteiger partial charge on any atom is 0.243 e. The summed E-state index contributed by atoms with van der Waals surface area (Å²) < 4.78 is 74.2. The van der Waals surface area contributed by atoms with Crippen molar-refractivity contribution < 1.29 is 25.6 Å². The molecule has 0 bridgehead atoms. The van der Waals surface area contributed by atoms with Crippen LogP contribution in [0.1, 0.15) is 6.92 Å². The Morgan fingerprint density at radius 3 is 2.30 bits per heavy atom. The topological polar surface area (TPSA) is 106 Å². The van der Waals surface area contributed by atoms with Gasteiger partial charge in [-0.3, -0.25) is 0 Å². The van der Waals surface area contributed by atoms with E-state index in [9.17, 15) is 25.6 Å². The normalized spacial score (nSPS) is 12.6. The van der Waals surface area contributed by atoms with E-state index in [0.717, 1.165) is 0 Å². The Morgan fingerprint density at radius 1 is 1.15 bits per heavy atom. The molecule has 0 saturated heterocycles. The molecule has 0 amide bonds. The first kappa shape index (κ1) is 16.8. The number of hydrogen-bond acceptors (Lipinski definition) is 5. The second-order valence-electron chi connectivity index (χ2n) is 3.94. The van der Waals surface area contributed by atoms with Crippen LogP contribution in [-0.4, -0.2) is 34.9 Å². The number of nitrogen functional groups attached to an aromatic ring is 1. The van der Waals surface area contributed by atoms with E-state index in [-0.39, 0.29) is 5.75 Å². The minimum Gasteiger partial charge on any atom is -0.396 e. The molecule has 0 radical (unpaired) electrons. The van der Waals surface area contributed by atoms with Crippen LogP contribution in [0.4, 0.5) is 14.5 Å². The largest absolute Gasteiger partial charge is 0.396 e. The van der Waals surface area contributed by atoms with Crippen molar-refractivity contribution >= 4 is 25.5 Å². The van der Waals surface area contributed by atoms with Gasteiger partial charge in [0.2, 0.25) is 10.0 Å². The Kier molecular flexibility index (Phi) is 5.05. The van der Waals surface area contributed by atoms with Crippen molar-refractivity contribution in [3.8, 4) is 0 Å². The minimum atomic E-state index is -4.30. The molecule has 0 unspecified atom stereocenters. The fraction of sp³-hybridized carbons (Fsp3) is 0.400. The predicted molar refractivity (Wildman–Crippen MR) is 70.3 cm³/mol. The summed E-state index contributed by atoms with van der Waals surface area (Å²) in [5.74, 6) is -2.93. The SMILES string of the molecule is CCS(=O)(=O)CCNS(=O)(=O)c1cc(N)c(F)cc1F. The number of halogens is 2. The van der Waals surface area contributed by atoms with E-state index in [1.165, 1.54) is 6.92 Å². The molecule has 1 rings (SSSR count). The van der Waals surface area contributed by atoms with Gasteiger partial charge in [0, 0.05) is 18.4 Å². The molecule has 0 saturated carbocycles. The lowest BCUT2D eigenvalue weighted by Crippen LogP contribution is -2.30. The van der Waals surface area contributed by atoms with Crippen LogP contribution in [0.25, 0.3) is 0 Å². The number of benzene rings is 1. The van der Waals surface area contributed by atoms with Gasteiger partial charge in [-0.15, -0.1) is 0 Å². The quantitative estimate of drug-likeness (QED) is 0.729. The Bertz CT molecular complexity index is 702. The van der Waals surface area contributed by atoms with Crippen LogP contribution >= 0.6 is 0 Å². The van der Waals surface area contributed by atoms with E-state index in [1.54, 1.807) is 0 Å². The molecule has 10 heteroatoms. The van der Waals surface area contributed by atoms with Crippen LogP contribution in [0.15, 0.2) is 17.0 Å². The molecule has 1 aromatic rings. The zero-order chi connectivity index (χ0) is 15.6. The molecule has 0 aliphatic carbocycles. The lowest BCUT2D eigenvalue weighted by molar-refractivity contribution is 0.545. The highest BCUT2D eigenvalue weighted by Gasteiger charge is 2.21. The molecular formula is C10H14F2N2O4S2. The number of nitrogens with two attached hydrogens (primary N) is 1. The first-order valence-corrected chi connectivity index (χ1v) is 8.84. The third kappa shape index (κ3) is 4.12. The van der Waals surface area contributed by atoms with Gasteiger partial charge in [0.05, 0.1) is 11.4 Å². The fourth-order valence-electron chi connectivity index (χ4n) is 1.30. The molecular weight excluding hydrogens is 314 g/mol. The van der Waals surface area contributed by atoms with Crippen molar-refractivity contribution in [1.29, 1.82) is 0 Å². The van der Waals surface area contributed by atoms with Gasteiger partial charge in [0.15, 0.2) is 9.84 Å². The Hall–Kier alpha value is -1.26. The molecule has 6 nitrogen and oxygen atoms in total. The van der Waals surface area contributed by atoms with Gasteiger partial charge in [-0.1, -0.05) is 6.92 Å². The van der Waals surface area contributed by atoms with Crippen molar-refractivity contribution in [2.24, 2.45) is 0 Å². The number of hydrogen-bond donors (Lipinski definition) is 2. The standard InChI is InChI=1S/C10H14F2N2O4S2/c1-2-19(15,16)4-3-14-20(17,18)10-6-9(13)7(11)5-8(10)12/h5-6,14H,2-4,13H2,1H3. The van der Waals surface area contributed by atoms with Gasteiger partial charge >= 0.3 is 0 Å². The predicted octanol–water partition coefficient (Wildman–Crippen LogP) is 0.260. The lowest BCUT2D eigenvalue weighted by atomic mass is 10.3. The molecule has 0 fully saturated rings. The van der Waals surface area contributed by atoms with Gasteiger partial charge in [-0.05, 0) is 6.07 Å². The van der Waals surface area contributed by atoms with Gasteiger partial charge < -0.3 is 5.73 Å². The molecule has 0 atom stereocenters. The monoisotopic (exact) mass is 328 g/mol. The van der Waals surface area contributed by atoms with Gasteiger partial charge in [-0.2, -0.15) is 0 Å². The lowest BCUT2D eigenvalue weighted by Gasteiger charge is -2.09. The first-order chi connectivity index (χ1) is 9.09. The van der Waals surface area contributed by atoms with Crippen LogP contribution in [0, 0.1) is 11.6 Å². The summed E-state index contributed by atoms with van der Waals surface area (Å²) in [6, 6.07) is 0.994. The van der Waals surface area contributed by atoms with Crippen molar-refractivity contribution in [2.75, 3.05) is 23.8 Å². The van der Waals surface area contributed by atoms with E-state index >= 15 is 0 Å². The summed E-state index contributed by atoms with van der Waals surface area (Å²) in [7, 11) is -7.65. The third-order valence-electron chi connectivity index (χ3n) is 2.49. The van der Waals surface area contributed by atoms with Crippen LogP contribution in [0.5, 0.6) is 0 Å². The molecule has 0 aromatic heterocycles. The second kappa shape index (κ2) is 6.02. The minimum absolute atomic E-state index is 0.132. The molecule has 1 aromatic carbocycles. The third-order valence-corrected chi connectivity index (χ3v) is 5.67. The molecule has 0 aliphatic rings. The summed E-state index contributed by atoms with van der Waals surface area (Å²) in [6.45, 7) is 1.01. The molecule has 3 N–H and O–H groups in total. The van der Waals surface area contributed by atoms with Gasteiger partial charge in [0.25, 0.3) is 0 Å². The summed E-state index contributed by atoms with van der Waals surface area (Å²) in [5, 5.41) is 0. The van der Waals surface area contributed by atoms with Gasteiger partial charge in [-0.25, -0.2) is 30.3 Å². The summed E-state index contributed by atoms with van der Waals surface area (Å²) in [6.07, 6.45) is 0. The highest BCUT2D eigenvalue weighted by molar-refractivity contribution is 7.91. The van der Waals surface area contributed by atoms with Crippen molar-refractivity contribution in [1.82, 2.24) is 4.72 Å². The number of anilines is 1. The number of rotatable bonds is 6. The average Bonchev–Trinajstić information content (AvgIpc) is 2.33. The van der Waals surface area contributed by atoms with Crippen LogP contribution < -0.4 is 10.5 Å². The molecule has 20 heavy (non-hydrogen) atoms. The van der Waals surface area contributed by atoms with Crippen LogP contribution in [-0.2, 0) is 19.9 Å². The molecule has 0 aliphatic heterocycles. The summed E-state index contributed by atoms with van der Waals surface area (Å²) in [5.41, 5.74) is 4.66. The molecule has 0 heterocycles. The Labute approximate surface area is 115 Å². The van der Waals surface area contributed by atoms with E-state index in [4.69, 9.17) is 5.73 Å². The first-order valence-electron chi connectivity index (χ1n) is 5.53. The van der Waals surface area contributed by atoms with E-state index < -0.39 is 54.4 Å². The number of nitrogens with one attached hydrogen (secondary N) is 1. The molecule has 114 valence electrons. The van der Waals surface area contributed by atoms with E-state index in [1.807, 2.05) is 4.72 Å².